The van der Waals surface area contributed by atoms with E-state index >= 15 is 0 Å². The lowest BCUT2D eigenvalue weighted by Gasteiger charge is -2.19. The van der Waals surface area contributed by atoms with Crippen LogP contribution in [0.25, 0.3) is 0 Å². The Balaban J connectivity index is 2.57. The van der Waals surface area contributed by atoms with E-state index in [2.05, 4.69) is 5.32 Å². The van der Waals surface area contributed by atoms with Crippen molar-refractivity contribution in [3.05, 3.63) is 34.9 Å². The number of ketones is 1. The van der Waals surface area contributed by atoms with Crippen molar-refractivity contribution in [2.75, 3.05) is 5.75 Å². The molecular formula is C15H20ClNO3S. The third kappa shape index (κ3) is 5.98. The van der Waals surface area contributed by atoms with Gasteiger partial charge in [0.1, 0.15) is 5.75 Å². The van der Waals surface area contributed by atoms with Crippen LogP contribution in [0.4, 0.5) is 0 Å². The summed E-state index contributed by atoms with van der Waals surface area (Å²) < 4.78 is 12.0. The minimum atomic E-state index is -1.36. The second-order valence-corrected chi connectivity index (χ2v) is 7.08. The van der Waals surface area contributed by atoms with Crippen molar-refractivity contribution in [2.45, 2.75) is 32.6 Å². The van der Waals surface area contributed by atoms with E-state index in [0.717, 1.165) is 5.56 Å². The first-order valence-electron chi connectivity index (χ1n) is 6.69. The molecule has 0 radical (unpaired) electrons. The van der Waals surface area contributed by atoms with Gasteiger partial charge in [-0.15, -0.1) is 0 Å². The lowest BCUT2D eigenvalue weighted by Crippen LogP contribution is -2.45. The number of rotatable bonds is 7. The number of hydrogen-bond donors (Lipinski definition) is 1. The van der Waals surface area contributed by atoms with Gasteiger partial charge in [-0.3, -0.25) is 13.8 Å². The van der Waals surface area contributed by atoms with E-state index in [0.29, 0.717) is 5.02 Å². The van der Waals surface area contributed by atoms with Gasteiger partial charge in [-0.25, -0.2) is 0 Å². The highest BCUT2D eigenvalue weighted by atomic mass is 35.5. The van der Waals surface area contributed by atoms with Gasteiger partial charge in [-0.2, -0.15) is 0 Å². The summed E-state index contributed by atoms with van der Waals surface area (Å²) in [5, 5.41) is 3.17. The van der Waals surface area contributed by atoms with Gasteiger partial charge in [0.15, 0.2) is 5.78 Å². The third-order valence-electron chi connectivity index (χ3n) is 2.99. The molecule has 1 rings (SSSR count). The van der Waals surface area contributed by atoms with Crippen molar-refractivity contribution in [1.82, 2.24) is 5.32 Å². The van der Waals surface area contributed by atoms with Crippen molar-refractivity contribution in [1.29, 1.82) is 0 Å². The van der Waals surface area contributed by atoms with Crippen LogP contribution in [0.2, 0.25) is 5.02 Å². The SMILES string of the molecule is CC(=O)C(NC(=O)CS(=O)Cc1ccccc1Cl)C(C)C. The van der Waals surface area contributed by atoms with E-state index in [1.165, 1.54) is 6.92 Å². The van der Waals surface area contributed by atoms with Crippen LogP contribution in [0, 0.1) is 5.92 Å². The van der Waals surface area contributed by atoms with Crippen LogP contribution in [0.3, 0.4) is 0 Å². The Morgan fingerprint density at radius 3 is 2.43 bits per heavy atom. The Labute approximate surface area is 132 Å². The van der Waals surface area contributed by atoms with Crippen molar-refractivity contribution in [2.24, 2.45) is 5.92 Å². The van der Waals surface area contributed by atoms with Gasteiger partial charge >= 0.3 is 0 Å². The molecule has 21 heavy (non-hydrogen) atoms. The van der Waals surface area contributed by atoms with Crippen LogP contribution in [-0.2, 0) is 26.1 Å². The van der Waals surface area contributed by atoms with Crippen LogP contribution in [0.5, 0.6) is 0 Å². The van der Waals surface area contributed by atoms with Gasteiger partial charge in [0.05, 0.1) is 11.8 Å². The first-order chi connectivity index (χ1) is 9.81. The molecule has 0 saturated heterocycles. The van der Waals surface area contributed by atoms with Gasteiger partial charge in [-0.05, 0) is 24.5 Å². The Kier molecular flexibility index (Phi) is 7.05. The van der Waals surface area contributed by atoms with Crippen LogP contribution in [0.15, 0.2) is 24.3 Å². The summed E-state index contributed by atoms with van der Waals surface area (Å²) in [4.78, 5) is 23.3. The smallest absolute Gasteiger partial charge is 0.233 e. The highest BCUT2D eigenvalue weighted by Gasteiger charge is 2.21. The molecule has 1 aromatic carbocycles. The second-order valence-electron chi connectivity index (χ2n) is 5.22. The fraction of sp³-hybridized carbons (Fsp3) is 0.467. The molecule has 6 heteroatoms. The Bertz CT molecular complexity index is 545. The molecular weight excluding hydrogens is 310 g/mol. The summed E-state index contributed by atoms with van der Waals surface area (Å²) in [6, 6.07) is 6.57. The van der Waals surface area contributed by atoms with Crippen LogP contribution in [0.1, 0.15) is 26.3 Å². The first-order valence-corrected chi connectivity index (χ1v) is 8.56. The minimum Gasteiger partial charge on any atom is -0.345 e. The second kappa shape index (κ2) is 8.29. The zero-order valence-electron chi connectivity index (χ0n) is 12.4. The van der Waals surface area contributed by atoms with Crippen molar-refractivity contribution in [3.63, 3.8) is 0 Å². The van der Waals surface area contributed by atoms with Gasteiger partial charge in [0.25, 0.3) is 0 Å². The van der Waals surface area contributed by atoms with Crippen LogP contribution < -0.4 is 5.32 Å². The molecule has 0 aromatic heterocycles. The largest absolute Gasteiger partial charge is 0.345 e. The number of amides is 1. The van der Waals surface area contributed by atoms with Gasteiger partial charge in [-0.1, -0.05) is 43.6 Å². The highest BCUT2D eigenvalue weighted by molar-refractivity contribution is 7.84. The molecule has 0 fully saturated rings. The number of carbonyl (C=O) groups is 2. The van der Waals surface area contributed by atoms with Gasteiger partial charge in [0, 0.05) is 15.8 Å². The van der Waals surface area contributed by atoms with E-state index in [1.807, 2.05) is 19.9 Å². The van der Waals surface area contributed by atoms with Crippen molar-refractivity contribution >= 4 is 34.1 Å². The van der Waals surface area contributed by atoms with E-state index in [1.54, 1.807) is 18.2 Å². The maximum atomic E-state index is 12.0. The molecule has 116 valence electrons. The van der Waals surface area contributed by atoms with Crippen molar-refractivity contribution < 1.29 is 13.8 Å². The molecule has 0 bridgehead atoms. The van der Waals surface area contributed by atoms with E-state index in [-0.39, 0.29) is 29.1 Å². The zero-order valence-corrected chi connectivity index (χ0v) is 14.0. The lowest BCUT2D eigenvalue weighted by atomic mass is 10.0. The van der Waals surface area contributed by atoms with Gasteiger partial charge < -0.3 is 5.32 Å². The molecule has 4 nitrogen and oxygen atoms in total. The Hall–Kier alpha value is -1.20. The van der Waals surface area contributed by atoms with Crippen LogP contribution in [-0.4, -0.2) is 27.7 Å². The normalized spacial score (nSPS) is 13.8. The maximum Gasteiger partial charge on any atom is 0.233 e. The highest BCUT2D eigenvalue weighted by Crippen LogP contribution is 2.16. The summed E-state index contributed by atoms with van der Waals surface area (Å²) in [6.07, 6.45) is 0. The molecule has 1 amide bonds. The molecule has 2 unspecified atom stereocenters. The van der Waals surface area contributed by atoms with E-state index in [4.69, 9.17) is 11.6 Å². The topological polar surface area (TPSA) is 63.2 Å². The first kappa shape index (κ1) is 17.9. The fourth-order valence-electron chi connectivity index (χ4n) is 1.94. The maximum absolute atomic E-state index is 12.0. The van der Waals surface area contributed by atoms with E-state index < -0.39 is 16.8 Å². The molecule has 0 spiro atoms. The number of halogens is 1. The van der Waals surface area contributed by atoms with Gasteiger partial charge in [0.2, 0.25) is 5.91 Å². The molecule has 1 N–H and O–H groups in total. The molecule has 1 aromatic rings. The number of hydrogen-bond acceptors (Lipinski definition) is 3. The number of nitrogens with one attached hydrogen (secondary N) is 1. The quantitative estimate of drug-likeness (QED) is 0.835. The lowest BCUT2D eigenvalue weighted by molar-refractivity contribution is -0.126. The Morgan fingerprint density at radius 1 is 1.29 bits per heavy atom. The average Bonchev–Trinajstić information content (AvgIpc) is 2.38. The van der Waals surface area contributed by atoms with Crippen LogP contribution >= 0.6 is 11.6 Å². The predicted octanol–water partition coefficient (Wildman–Crippen LogP) is 2.32. The predicted molar refractivity (Wildman–Crippen MR) is 85.6 cm³/mol. The number of Topliss-reactive ketones (excluding diaryl/α,β-unsaturated/α-hetero) is 1. The van der Waals surface area contributed by atoms with Crippen molar-refractivity contribution in [3.8, 4) is 0 Å². The molecule has 0 aliphatic carbocycles. The summed E-state index contributed by atoms with van der Waals surface area (Å²) in [5.41, 5.74) is 0.747. The molecule has 0 aliphatic heterocycles. The Morgan fingerprint density at radius 2 is 1.90 bits per heavy atom. The average molecular weight is 330 g/mol. The number of carbonyl (C=O) groups excluding carboxylic acids is 2. The molecule has 0 saturated carbocycles. The molecule has 0 aliphatic rings. The number of benzene rings is 1. The summed E-state index contributed by atoms with van der Waals surface area (Å²) in [7, 11) is -1.36. The molecule has 0 heterocycles. The summed E-state index contributed by atoms with van der Waals surface area (Å²) in [6.45, 7) is 5.14. The van der Waals surface area contributed by atoms with E-state index in [9.17, 15) is 13.8 Å². The monoisotopic (exact) mass is 329 g/mol. The third-order valence-corrected chi connectivity index (χ3v) is 4.57. The fourth-order valence-corrected chi connectivity index (χ4v) is 3.30. The molecule has 2 atom stereocenters. The minimum absolute atomic E-state index is 0.00320. The summed E-state index contributed by atoms with van der Waals surface area (Å²) >= 11 is 5.99. The standard InChI is InChI=1S/C15H20ClNO3S/c1-10(2)15(11(3)18)17-14(19)9-21(20)8-12-6-4-5-7-13(12)16/h4-7,10,15H,8-9H2,1-3H3,(H,17,19). The summed E-state index contributed by atoms with van der Waals surface area (Å²) in [5.74, 6) is -0.394. The zero-order chi connectivity index (χ0) is 16.0.